The van der Waals surface area contributed by atoms with Crippen LogP contribution >= 0.6 is 0 Å². The van der Waals surface area contributed by atoms with Gasteiger partial charge in [0.25, 0.3) is 5.91 Å². The van der Waals surface area contributed by atoms with Crippen LogP contribution in [0.3, 0.4) is 0 Å². The number of aromatic nitrogens is 1. The Labute approximate surface area is 115 Å². The van der Waals surface area contributed by atoms with Crippen LogP contribution in [0.15, 0.2) is 54.7 Å². The number of fused-ring (bicyclic) bond motifs is 2. The number of amides is 1. The number of hydrogen-bond acceptors (Lipinski definition) is 1. The molecule has 20 heavy (non-hydrogen) atoms. The molecule has 2 N–H and O–H groups in total. The molecule has 1 aliphatic heterocycles. The molecule has 0 fully saturated rings. The summed E-state index contributed by atoms with van der Waals surface area (Å²) in [5, 5.41) is 4.02. The van der Waals surface area contributed by atoms with Gasteiger partial charge >= 0.3 is 0 Å². The zero-order valence-corrected chi connectivity index (χ0v) is 10.7. The van der Waals surface area contributed by atoms with E-state index in [-0.39, 0.29) is 5.91 Å². The lowest BCUT2D eigenvalue weighted by atomic mass is 10.0. The van der Waals surface area contributed by atoms with E-state index in [9.17, 15) is 4.79 Å². The average Bonchev–Trinajstić information content (AvgIpc) is 3.05. The Balaban J connectivity index is 1.93. The van der Waals surface area contributed by atoms with Crippen LogP contribution in [0.2, 0.25) is 0 Å². The summed E-state index contributed by atoms with van der Waals surface area (Å²) in [6.07, 6.45) is 3.87. The average molecular weight is 260 g/mol. The fourth-order valence-corrected chi connectivity index (χ4v) is 2.67. The molecule has 4 rings (SSSR count). The molecule has 3 aromatic rings. The fourth-order valence-electron chi connectivity index (χ4n) is 2.67. The quantitative estimate of drug-likeness (QED) is 0.644. The number of anilines is 1. The molecule has 0 saturated heterocycles. The minimum absolute atomic E-state index is 0.0428. The van der Waals surface area contributed by atoms with Crippen molar-refractivity contribution in [1.82, 2.24) is 4.98 Å². The van der Waals surface area contributed by atoms with Gasteiger partial charge in [-0.05, 0) is 29.8 Å². The van der Waals surface area contributed by atoms with E-state index in [0.717, 1.165) is 27.7 Å². The molecule has 0 spiro atoms. The minimum Gasteiger partial charge on any atom is -0.361 e. The lowest BCUT2D eigenvalue weighted by Crippen LogP contribution is -2.03. The third-order valence-corrected chi connectivity index (χ3v) is 3.64. The van der Waals surface area contributed by atoms with Crippen molar-refractivity contribution in [3.8, 4) is 0 Å². The van der Waals surface area contributed by atoms with Crippen molar-refractivity contribution in [3.05, 3.63) is 65.9 Å². The third kappa shape index (κ3) is 1.57. The van der Waals surface area contributed by atoms with Gasteiger partial charge in [-0.15, -0.1) is 0 Å². The van der Waals surface area contributed by atoms with Crippen LogP contribution in [-0.2, 0) is 4.79 Å². The summed E-state index contributed by atoms with van der Waals surface area (Å²) in [4.78, 5) is 15.3. The summed E-state index contributed by atoms with van der Waals surface area (Å²) >= 11 is 0. The molecule has 2 heterocycles. The molecule has 0 unspecified atom stereocenters. The second kappa shape index (κ2) is 4.10. The van der Waals surface area contributed by atoms with Crippen LogP contribution in [-0.4, -0.2) is 10.9 Å². The standard InChI is InChI=1S/C17H12N2O/c20-17-14(13-5-1-2-6-16(13)19-17)10-11-4-3-7-15-12(11)8-9-18-15/h1-10,18H,(H,19,20)/b14-10-. The first-order valence-corrected chi connectivity index (χ1v) is 6.51. The zero-order chi connectivity index (χ0) is 13.5. The second-order valence-electron chi connectivity index (χ2n) is 4.84. The summed E-state index contributed by atoms with van der Waals surface area (Å²) in [6.45, 7) is 0. The predicted molar refractivity (Wildman–Crippen MR) is 81.2 cm³/mol. The molecule has 1 aromatic heterocycles. The Morgan fingerprint density at radius 1 is 0.950 bits per heavy atom. The highest BCUT2D eigenvalue weighted by molar-refractivity contribution is 6.35. The molecule has 96 valence electrons. The van der Waals surface area contributed by atoms with E-state index in [1.807, 2.05) is 60.8 Å². The molecule has 0 bridgehead atoms. The largest absolute Gasteiger partial charge is 0.361 e. The summed E-state index contributed by atoms with van der Waals surface area (Å²) in [6, 6.07) is 15.8. The fraction of sp³-hybridized carbons (Fsp3) is 0. The van der Waals surface area contributed by atoms with Gasteiger partial charge in [0.1, 0.15) is 0 Å². The van der Waals surface area contributed by atoms with Gasteiger partial charge in [-0.3, -0.25) is 4.79 Å². The van der Waals surface area contributed by atoms with E-state index in [1.54, 1.807) is 0 Å². The van der Waals surface area contributed by atoms with Crippen LogP contribution in [0.5, 0.6) is 0 Å². The molecule has 2 aromatic carbocycles. The van der Waals surface area contributed by atoms with Crippen LogP contribution in [0.4, 0.5) is 5.69 Å². The smallest absolute Gasteiger partial charge is 0.256 e. The minimum atomic E-state index is -0.0428. The number of para-hydroxylation sites is 1. The SMILES string of the molecule is O=C1Nc2ccccc2/C1=C/c1cccc2[nH]ccc12. The maximum atomic E-state index is 12.1. The van der Waals surface area contributed by atoms with E-state index in [2.05, 4.69) is 10.3 Å². The summed E-state index contributed by atoms with van der Waals surface area (Å²) < 4.78 is 0. The van der Waals surface area contributed by atoms with Crippen molar-refractivity contribution in [3.63, 3.8) is 0 Å². The van der Waals surface area contributed by atoms with Crippen LogP contribution in [0.25, 0.3) is 22.6 Å². The van der Waals surface area contributed by atoms with Crippen molar-refractivity contribution in [1.29, 1.82) is 0 Å². The Morgan fingerprint density at radius 2 is 1.85 bits per heavy atom. The van der Waals surface area contributed by atoms with Crippen LogP contribution in [0, 0.1) is 0 Å². The Hall–Kier alpha value is -2.81. The van der Waals surface area contributed by atoms with Gasteiger partial charge in [0.05, 0.1) is 0 Å². The first-order chi connectivity index (χ1) is 9.83. The number of aromatic amines is 1. The van der Waals surface area contributed by atoms with Crippen LogP contribution < -0.4 is 5.32 Å². The predicted octanol–water partition coefficient (Wildman–Crippen LogP) is 3.66. The van der Waals surface area contributed by atoms with Crippen molar-refractivity contribution >= 4 is 34.1 Å². The third-order valence-electron chi connectivity index (χ3n) is 3.64. The number of H-pyrrole nitrogens is 1. The maximum absolute atomic E-state index is 12.1. The monoisotopic (exact) mass is 260 g/mol. The van der Waals surface area contributed by atoms with Gasteiger partial charge in [0.15, 0.2) is 0 Å². The molecule has 0 aliphatic carbocycles. The summed E-state index contributed by atoms with van der Waals surface area (Å²) in [5.41, 5.74) is 4.68. The van der Waals surface area contributed by atoms with E-state index in [4.69, 9.17) is 0 Å². The normalized spacial score (nSPS) is 15.6. The van der Waals surface area contributed by atoms with Crippen molar-refractivity contribution in [2.45, 2.75) is 0 Å². The molecule has 3 nitrogen and oxygen atoms in total. The highest BCUT2D eigenvalue weighted by Gasteiger charge is 2.23. The number of benzene rings is 2. The molecule has 3 heteroatoms. The second-order valence-corrected chi connectivity index (χ2v) is 4.84. The zero-order valence-electron chi connectivity index (χ0n) is 10.7. The maximum Gasteiger partial charge on any atom is 0.256 e. The van der Waals surface area contributed by atoms with Gasteiger partial charge in [-0.1, -0.05) is 30.3 Å². The highest BCUT2D eigenvalue weighted by Crippen LogP contribution is 2.33. The van der Waals surface area contributed by atoms with Gasteiger partial charge in [0, 0.05) is 33.9 Å². The van der Waals surface area contributed by atoms with E-state index >= 15 is 0 Å². The molecular formula is C17H12N2O. The van der Waals surface area contributed by atoms with Gasteiger partial charge in [-0.25, -0.2) is 0 Å². The van der Waals surface area contributed by atoms with Crippen molar-refractivity contribution in [2.75, 3.05) is 5.32 Å². The van der Waals surface area contributed by atoms with E-state index < -0.39 is 0 Å². The highest BCUT2D eigenvalue weighted by atomic mass is 16.2. The van der Waals surface area contributed by atoms with Crippen molar-refractivity contribution in [2.24, 2.45) is 0 Å². The number of rotatable bonds is 1. The number of carbonyl (C=O) groups excluding carboxylic acids is 1. The molecule has 1 aliphatic rings. The topological polar surface area (TPSA) is 44.9 Å². The number of carbonyl (C=O) groups is 1. The Bertz CT molecular complexity index is 858. The number of hydrogen-bond donors (Lipinski definition) is 2. The van der Waals surface area contributed by atoms with Crippen LogP contribution in [0.1, 0.15) is 11.1 Å². The van der Waals surface area contributed by atoms with E-state index in [0.29, 0.717) is 5.57 Å². The number of nitrogens with one attached hydrogen (secondary N) is 2. The van der Waals surface area contributed by atoms with Gasteiger partial charge < -0.3 is 10.3 Å². The molecule has 1 amide bonds. The molecular weight excluding hydrogens is 248 g/mol. The Kier molecular flexibility index (Phi) is 2.27. The van der Waals surface area contributed by atoms with Gasteiger partial charge in [0.2, 0.25) is 0 Å². The summed E-state index contributed by atoms with van der Waals surface area (Å²) in [5.74, 6) is -0.0428. The molecule has 0 saturated carbocycles. The first-order valence-electron chi connectivity index (χ1n) is 6.51. The lowest BCUT2D eigenvalue weighted by molar-refractivity contribution is -0.110. The van der Waals surface area contributed by atoms with Gasteiger partial charge in [-0.2, -0.15) is 0 Å². The molecule has 0 radical (unpaired) electrons. The Morgan fingerprint density at radius 3 is 2.80 bits per heavy atom. The van der Waals surface area contributed by atoms with E-state index in [1.165, 1.54) is 0 Å². The lowest BCUT2D eigenvalue weighted by Gasteiger charge is -2.00. The first kappa shape index (κ1) is 11.1. The van der Waals surface area contributed by atoms with Crippen molar-refractivity contribution < 1.29 is 4.79 Å². The molecule has 0 atom stereocenters. The summed E-state index contributed by atoms with van der Waals surface area (Å²) in [7, 11) is 0.